The summed E-state index contributed by atoms with van der Waals surface area (Å²) in [5.74, 6) is 1.10. The number of rotatable bonds is 4. The van der Waals surface area contributed by atoms with Crippen molar-refractivity contribution in [2.75, 3.05) is 31.3 Å². The molecule has 2 aliphatic heterocycles. The molecule has 0 unspecified atom stereocenters. The van der Waals surface area contributed by atoms with Crippen LogP contribution in [0.4, 0.5) is 5.69 Å². The van der Waals surface area contributed by atoms with Crippen LogP contribution in [0.25, 0.3) is 0 Å². The maximum Gasteiger partial charge on any atom is 0.290 e. The van der Waals surface area contributed by atoms with Crippen molar-refractivity contribution in [3.05, 3.63) is 36.3 Å². The number of piperidine rings is 1. The summed E-state index contributed by atoms with van der Waals surface area (Å²) >= 11 is 1.52. The predicted octanol–water partition coefficient (Wildman–Crippen LogP) is 3.41. The molecule has 0 saturated carbocycles. The van der Waals surface area contributed by atoms with E-state index in [1.54, 1.807) is 23.1 Å². The van der Waals surface area contributed by atoms with Crippen LogP contribution in [-0.4, -0.2) is 48.8 Å². The fourth-order valence-corrected chi connectivity index (χ4v) is 4.10. The van der Waals surface area contributed by atoms with E-state index in [1.165, 1.54) is 18.0 Å². The highest BCUT2D eigenvalue weighted by Gasteiger charge is 2.34. The SMILES string of the molecule is CSc1cc2c(cc1NC(=O)[C@H]1CCCCN1C(=O)c1ccco1)OCCO2. The average molecular weight is 402 g/mol. The fraction of sp³-hybridized carbons (Fsp3) is 0.400. The summed E-state index contributed by atoms with van der Waals surface area (Å²) in [4.78, 5) is 28.3. The van der Waals surface area contributed by atoms with E-state index in [9.17, 15) is 9.59 Å². The number of fused-ring (bicyclic) bond motifs is 1. The number of nitrogens with zero attached hydrogens (tertiary/aromatic N) is 1. The summed E-state index contributed by atoms with van der Waals surface area (Å²) in [7, 11) is 0. The van der Waals surface area contributed by atoms with Gasteiger partial charge in [0.25, 0.3) is 5.91 Å². The summed E-state index contributed by atoms with van der Waals surface area (Å²) < 4.78 is 16.5. The molecule has 0 aliphatic carbocycles. The molecule has 1 atom stereocenters. The van der Waals surface area contributed by atoms with Crippen molar-refractivity contribution >= 4 is 29.3 Å². The zero-order valence-corrected chi connectivity index (χ0v) is 16.4. The number of benzene rings is 1. The van der Waals surface area contributed by atoms with Crippen molar-refractivity contribution in [3.8, 4) is 11.5 Å². The third-order valence-electron chi connectivity index (χ3n) is 4.92. The minimum Gasteiger partial charge on any atom is -0.486 e. The van der Waals surface area contributed by atoms with Crippen LogP contribution >= 0.6 is 11.8 Å². The maximum atomic E-state index is 13.1. The van der Waals surface area contributed by atoms with E-state index in [4.69, 9.17) is 13.9 Å². The third-order valence-corrected chi connectivity index (χ3v) is 5.70. The van der Waals surface area contributed by atoms with E-state index in [2.05, 4.69) is 5.32 Å². The van der Waals surface area contributed by atoms with Gasteiger partial charge in [-0.3, -0.25) is 9.59 Å². The lowest BCUT2D eigenvalue weighted by molar-refractivity contribution is -0.121. The average Bonchev–Trinajstić information content (AvgIpc) is 3.27. The molecule has 1 N–H and O–H groups in total. The number of thioether (sulfide) groups is 1. The second kappa shape index (κ2) is 8.18. The Bertz CT molecular complexity index is 868. The number of anilines is 1. The van der Waals surface area contributed by atoms with E-state index in [1.807, 2.05) is 12.3 Å². The van der Waals surface area contributed by atoms with Gasteiger partial charge in [0.15, 0.2) is 17.3 Å². The molecule has 0 spiro atoms. The molecule has 1 aromatic heterocycles. The molecule has 7 nitrogen and oxygen atoms in total. The number of carbonyl (C=O) groups is 2. The first-order valence-corrected chi connectivity index (χ1v) is 10.5. The number of amides is 2. The fourth-order valence-electron chi connectivity index (χ4n) is 3.54. The molecule has 3 heterocycles. The Morgan fingerprint density at radius 2 is 1.96 bits per heavy atom. The molecular formula is C20H22N2O5S. The second-order valence-electron chi connectivity index (χ2n) is 6.67. The molecule has 8 heteroatoms. The van der Waals surface area contributed by atoms with Gasteiger partial charge in [-0.1, -0.05) is 0 Å². The van der Waals surface area contributed by atoms with Crippen LogP contribution in [-0.2, 0) is 4.79 Å². The summed E-state index contributed by atoms with van der Waals surface area (Å²) in [5.41, 5.74) is 0.665. The number of carbonyl (C=O) groups excluding carboxylic acids is 2. The van der Waals surface area contributed by atoms with Gasteiger partial charge in [-0.25, -0.2) is 0 Å². The first-order valence-electron chi connectivity index (χ1n) is 9.30. The number of furan rings is 1. The second-order valence-corrected chi connectivity index (χ2v) is 7.52. The van der Waals surface area contributed by atoms with Crippen molar-refractivity contribution in [2.24, 2.45) is 0 Å². The number of hydrogen-bond donors (Lipinski definition) is 1. The normalized spacial score (nSPS) is 18.6. The van der Waals surface area contributed by atoms with E-state index in [0.29, 0.717) is 43.4 Å². The minimum atomic E-state index is -0.533. The number of hydrogen-bond acceptors (Lipinski definition) is 6. The zero-order valence-electron chi connectivity index (χ0n) is 15.6. The van der Waals surface area contributed by atoms with Crippen LogP contribution in [0.5, 0.6) is 11.5 Å². The lowest BCUT2D eigenvalue weighted by Gasteiger charge is -2.34. The van der Waals surface area contributed by atoms with Crippen LogP contribution in [0, 0.1) is 0 Å². The number of likely N-dealkylation sites (tertiary alicyclic amines) is 1. The van der Waals surface area contributed by atoms with E-state index in [-0.39, 0.29) is 17.6 Å². The van der Waals surface area contributed by atoms with Gasteiger partial charge in [-0.05, 0) is 43.7 Å². The molecule has 1 fully saturated rings. The van der Waals surface area contributed by atoms with Crippen molar-refractivity contribution < 1.29 is 23.5 Å². The molecule has 1 saturated heterocycles. The molecule has 1 aromatic carbocycles. The van der Waals surface area contributed by atoms with Crippen LogP contribution < -0.4 is 14.8 Å². The Labute approximate surface area is 167 Å². The standard InChI is InChI=1S/C20H22N2O5S/c1-28-18-12-17-16(26-9-10-27-17)11-13(18)21-19(23)14-5-2-3-7-22(14)20(24)15-6-4-8-25-15/h4,6,8,11-12,14H,2-3,5,7,9-10H2,1H3,(H,21,23)/t14-/m1/s1. The van der Waals surface area contributed by atoms with Gasteiger partial charge in [0, 0.05) is 17.5 Å². The molecule has 4 rings (SSSR count). The lowest BCUT2D eigenvalue weighted by Crippen LogP contribution is -2.50. The Morgan fingerprint density at radius 1 is 1.18 bits per heavy atom. The maximum absolute atomic E-state index is 13.1. The molecule has 148 valence electrons. The van der Waals surface area contributed by atoms with Crippen molar-refractivity contribution in [3.63, 3.8) is 0 Å². The summed E-state index contributed by atoms with van der Waals surface area (Å²) in [6.07, 6.45) is 5.80. The van der Waals surface area contributed by atoms with Crippen molar-refractivity contribution in [2.45, 2.75) is 30.2 Å². The quantitative estimate of drug-likeness (QED) is 0.790. The van der Waals surface area contributed by atoms with Crippen molar-refractivity contribution in [1.29, 1.82) is 0 Å². The van der Waals surface area contributed by atoms with Crippen molar-refractivity contribution in [1.82, 2.24) is 4.90 Å². The molecule has 0 radical (unpaired) electrons. The largest absolute Gasteiger partial charge is 0.486 e. The van der Waals surface area contributed by atoms with Crippen LogP contribution in [0.1, 0.15) is 29.8 Å². The summed E-state index contributed by atoms with van der Waals surface area (Å²) in [6.45, 7) is 1.53. The van der Waals surface area contributed by atoms with Gasteiger partial charge in [-0.15, -0.1) is 11.8 Å². The Balaban J connectivity index is 1.55. The third kappa shape index (κ3) is 3.69. The van der Waals surface area contributed by atoms with E-state index >= 15 is 0 Å². The molecule has 28 heavy (non-hydrogen) atoms. The molecule has 2 aliphatic rings. The Hall–Kier alpha value is -2.61. The van der Waals surface area contributed by atoms with Gasteiger partial charge in [0.05, 0.1) is 12.0 Å². The van der Waals surface area contributed by atoms with Crippen LogP contribution in [0.2, 0.25) is 0 Å². The van der Waals surface area contributed by atoms with Gasteiger partial charge in [-0.2, -0.15) is 0 Å². The van der Waals surface area contributed by atoms with Crippen LogP contribution in [0.3, 0.4) is 0 Å². The van der Waals surface area contributed by atoms with Gasteiger partial charge >= 0.3 is 0 Å². The molecule has 2 aromatic rings. The minimum absolute atomic E-state index is 0.202. The van der Waals surface area contributed by atoms with Gasteiger partial charge < -0.3 is 24.1 Å². The Kier molecular flexibility index (Phi) is 5.47. The van der Waals surface area contributed by atoms with Gasteiger partial charge in [0.2, 0.25) is 5.91 Å². The smallest absolute Gasteiger partial charge is 0.290 e. The Morgan fingerprint density at radius 3 is 2.68 bits per heavy atom. The molecule has 2 amide bonds. The van der Waals surface area contributed by atoms with E-state index < -0.39 is 6.04 Å². The topological polar surface area (TPSA) is 81.0 Å². The first-order chi connectivity index (χ1) is 13.7. The zero-order chi connectivity index (χ0) is 19.5. The number of nitrogens with one attached hydrogen (secondary N) is 1. The highest BCUT2D eigenvalue weighted by atomic mass is 32.2. The van der Waals surface area contributed by atoms with Gasteiger partial charge in [0.1, 0.15) is 19.3 Å². The monoisotopic (exact) mass is 402 g/mol. The van der Waals surface area contributed by atoms with Crippen LogP contribution in [0.15, 0.2) is 39.8 Å². The number of ether oxygens (including phenoxy) is 2. The predicted molar refractivity (Wildman–Crippen MR) is 105 cm³/mol. The van der Waals surface area contributed by atoms with E-state index in [0.717, 1.165) is 17.7 Å². The molecular weight excluding hydrogens is 380 g/mol. The lowest BCUT2D eigenvalue weighted by atomic mass is 10.0. The summed E-state index contributed by atoms with van der Waals surface area (Å²) in [5, 5.41) is 2.99. The molecule has 0 bridgehead atoms. The first kappa shape index (κ1) is 18.7. The highest BCUT2D eigenvalue weighted by Crippen LogP contribution is 2.39. The highest BCUT2D eigenvalue weighted by molar-refractivity contribution is 7.98. The summed E-state index contributed by atoms with van der Waals surface area (Å²) in [6, 6.07) is 6.43.